The van der Waals surface area contributed by atoms with Gasteiger partial charge in [0, 0.05) is 47.2 Å². The fourth-order valence-electron chi connectivity index (χ4n) is 4.90. The number of ether oxygens (including phenoxy) is 1. The number of aromatic nitrogens is 1. The lowest BCUT2D eigenvalue weighted by atomic mass is 9.99. The molecule has 0 aliphatic rings. The van der Waals surface area contributed by atoms with Crippen LogP contribution in [-0.2, 0) is 4.74 Å². The molecule has 7 heteroatoms. The van der Waals surface area contributed by atoms with Gasteiger partial charge in [-0.2, -0.15) is 0 Å². The Morgan fingerprint density at radius 1 is 1.05 bits per heavy atom. The second kappa shape index (κ2) is 14.2. The first-order valence-corrected chi connectivity index (χ1v) is 14.8. The molecule has 0 saturated carbocycles. The van der Waals surface area contributed by atoms with Gasteiger partial charge in [0.25, 0.3) is 11.8 Å². The van der Waals surface area contributed by atoms with E-state index in [9.17, 15) is 9.59 Å². The van der Waals surface area contributed by atoms with Gasteiger partial charge in [-0.05, 0) is 94.6 Å². The SMILES string of the molecule is C=C(CCCCN(C)C(=O)c1ccc(NC(=O)c2cc(-c3ccccc3Cl)nc3c(C)cc(C)cc23)cc1)O/C(C)=C\C. The van der Waals surface area contributed by atoms with E-state index < -0.39 is 0 Å². The van der Waals surface area contributed by atoms with E-state index in [4.69, 9.17) is 21.3 Å². The van der Waals surface area contributed by atoms with Crippen LogP contribution >= 0.6 is 11.6 Å². The molecule has 0 unspecified atom stereocenters. The number of pyridine rings is 1. The summed E-state index contributed by atoms with van der Waals surface area (Å²) in [6, 6.07) is 20.2. The van der Waals surface area contributed by atoms with Gasteiger partial charge < -0.3 is 15.0 Å². The molecule has 6 nitrogen and oxygen atoms in total. The zero-order chi connectivity index (χ0) is 31.1. The van der Waals surface area contributed by atoms with E-state index in [1.165, 1.54) is 0 Å². The Hall–Kier alpha value is -4.42. The number of rotatable bonds is 11. The van der Waals surface area contributed by atoms with Crippen molar-refractivity contribution in [3.05, 3.63) is 118 Å². The number of carbonyl (C=O) groups is 2. The zero-order valence-electron chi connectivity index (χ0n) is 25.5. The van der Waals surface area contributed by atoms with Crippen molar-refractivity contribution in [3.63, 3.8) is 0 Å². The summed E-state index contributed by atoms with van der Waals surface area (Å²) in [5.74, 6) is 1.22. The number of fused-ring (bicyclic) bond motifs is 1. The largest absolute Gasteiger partial charge is 0.467 e. The number of allylic oxidation sites excluding steroid dienone is 3. The van der Waals surface area contributed by atoms with Gasteiger partial charge in [0.15, 0.2) is 0 Å². The number of anilines is 1. The Morgan fingerprint density at radius 3 is 2.47 bits per heavy atom. The number of benzene rings is 3. The minimum atomic E-state index is -0.267. The number of halogens is 1. The number of aryl methyl sites for hydroxylation is 2. The average Bonchev–Trinajstić information content (AvgIpc) is 2.99. The van der Waals surface area contributed by atoms with Gasteiger partial charge in [-0.15, -0.1) is 0 Å². The van der Waals surface area contributed by atoms with Crippen LogP contribution in [0.2, 0.25) is 5.02 Å². The molecule has 2 amide bonds. The second-order valence-corrected chi connectivity index (χ2v) is 11.2. The van der Waals surface area contributed by atoms with Crippen LogP contribution in [0.25, 0.3) is 22.2 Å². The van der Waals surface area contributed by atoms with E-state index in [1.807, 2.05) is 64.1 Å². The lowest BCUT2D eigenvalue weighted by Crippen LogP contribution is -2.27. The van der Waals surface area contributed by atoms with Crippen molar-refractivity contribution in [2.24, 2.45) is 0 Å². The predicted octanol–water partition coefficient (Wildman–Crippen LogP) is 9.12. The van der Waals surface area contributed by atoms with Crippen LogP contribution in [0.15, 0.2) is 90.9 Å². The summed E-state index contributed by atoms with van der Waals surface area (Å²) in [4.78, 5) is 33.2. The highest BCUT2D eigenvalue weighted by Crippen LogP contribution is 2.32. The van der Waals surface area contributed by atoms with Crippen molar-refractivity contribution in [1.29, 1.82) is 0 Å². The van der Waals surface area contributed by atoms with Crippen molar-refractivity contribution < 1.29 is 14.3 Å². The van der Waals surface area contributed by atoms with E-state index in [0.29, 0.717) is 34.1 Å². The molecule has 1 N–H and O–H groups in total. The molecule has 0 aliphatic heterocycles. The van der Waals surface area contributed by atoms with Crippen LogP contribution in [0.5, 0.6) is 0 Å². The summed E-state index contributed by atoms with van der Waals surface area (Å²) < 4.78 is 5.60. The molecule has 0 bridgehead atoms. The number of hydrogen-bond acceptors (Lipinski definition) is 4. The first-order chi connectivity index (χ1) is 20.6. The van der Waals surface area contributed by atoms with Crippen LogP contribution in [0, 0.1) is 13.8 Å². The molecule has 0 aliphatic carbocycles. The highest BCUT2D eigenvalue weighted by atomic mass is 35.5. The summed E-state index contributed by atoms with van der Waals surface area (Å²) >= 11 is 6.49. The van der Waals surface area contributed by atoms with E-state index in [2.05, 4.69) is 18.0 Å². The molecule has 43 heavy (non-hydrogen) atoms. The maximum Gasteiger partial charge on any atom is 0.256 e. The summed E-state index contributed by atoms with van der Waals surface area (Å²) in [5, 5.41) is 4.33. The number of amides is 2. The smallest absolute Gasteiger partial charge is 0.256 e. The van der Waals surface area contributed by atoms with Crippen molar-refractivity contribution in [1.82, 2.24) is 9.88 Å². The fourth-order valence-corrected chi connectivity index (χ4v) is 5.13. The van der Waals surface area contributed by atoms with Gasteiger partial charge in [0.2, 0.25) is 0 Å². The summed E-state index contributed by atoms with van der Waals surface area (Å²) in [7, 11) is 1.79. The minimum absolute atomic E-state index is 0.0758. The van der Waals surface area contributed by atoms with Gasteiger partial charge in [0.05, 0.1) is 28.3 Å². The third kappa shape index (κ3) is 7.90. The molecule has 0 fully saturated rings. The summed E-state index contributed by atoms with van der Waals surface area (Å²) in [6.45, 7) is 12.4. The van der Waals surface area contributed by atoms with Crippen LogP contribution in [-0.4, -0.2) is 35.3 Å². The molecule has 0 radical (unpaired) electrons. The fraction of sp³-hybridized carbons (Fsp3) is 0.250. The highest BCUT2D eigenvalue weighted by molar-refractivity contribution is 6.33. The first kappa shape index (κ1) is 31.5. The average molecular weight is 596 g/mol. The molecule has 222 valence electrons. The Balaban J connectivity index is 1.46. The Morgan fingerprint density at radius 2 is 1.77 bits per heavy atom. The molecule has 0 spiro atoms. The normalized spacial score (nSPS) is 11.3. The number of carbonyl (C=O) groups excluding carboxylic acids is 2. The lowest BCUT2D eigenvalue weighted by molar-refractivity contribution is 0.0792. The zero-order valence-corrected chi connectivity index (χ0v) is 26.2. The van der Waals surface area contributed by atoms with E-state index in [0.717, 1.165) is 58.4 Å². The highest BCUT2D eigenvalue weighted by Gasteiger charge is 2.18. The summed E-state index contributed by atoms with van der Waals surface area (Å²) in [5.41, 5.74) is 5.80. The second-order valence-electron chi connectivity index (χ2n) is 10.8. The van der Waals surface area contributed by atoms with Crippen molar-refractivity contribution in [3.8, 4) is 11.3 Å². The van der Waals surface area contributed by atoms with E-state index in [-0.39, 0.29) is 11.8 Å². The molecule has 3 aromatic carbocycles. The van der Waals surface area contributed by atoms with Crippen molar-refractivity contribution in [2.75, 3.05) is 18.9 Å². The predicted molar refractivity (Wildman–Crippen MR) is 177 cm³/mol. The number of nitrogens with zero attached hydrogens (tertiary/aromatic N) is 2. The molecule has 0 atom stereocenters. The van der Waals surface area contributed by atoms with Crippen LogP contribution in [0.3, 0.4) is 0 Å². The first-order valence-electron chi connectivity index (χ1n) is 14.4. The lowest BCUT2D eigenvalue weighted by Gasteiger charge is -2.18. The topological polar surface area (TPSA) is 71.5 Å². The van der Waals surface area contributed by atoms with Gasteiger partial charge >= 0.3 is 0 Å². The number of unbranched alkanes of at least 4 members (excludes halogenated alkanes) is 1. The molecular weight excluding hydrogens is 558 g/mol. The van der Waals surface area contributed by atoms with Crippen LogP contribution in [0.1, 0.15) is 65.0 Å². The van der Waals surface area contributed by atoms with Gasteiger partial charge in [-0.25, -0.2) is 4.98 Å². The molecule has 1 aromatic heterocycles. The van der Waals surface area contributed by atoms with E-state index >= 15 is 0 Å². The third-order valence-corrected chi connectivity index (χ3v) is 7.62. The van der Waals surface area contributed by atoms with Crippen molar-refractivity contribution >= 4 is 40.0 Å². The standard InChI is InChI=1S/C36H38ClN3O3/c1-7-25(4)43-26(5)12-10-11-19-40(6)36(42)27-15-17-28(18-16-27)38-35(41)31-22-33(29-13-8-9-14-32(29)37)39-34-24(3)20-23(2)21-30(31)34/h7-9,13-18,20-22H,5,10-12,19H2,1-4,6H3,(H,38,41)/b25-7-. The minimum Gasteiger partial charge on any atom is -0.467 e. The van der Waals surface area contributed by atoms with Crippen LogP contribution < -0.4 is 5.32 Å². The third-order valence-electron chi connectivity index (χ3n) is 7.29. The number of nitrogens with one attached hydrogen (secondary N) is 1. The summed E-state index contributed by atoms with van der Waals surface area (Å²) in [6.07, 6.45) is 4.35. The molecule has 0 saturated heterocycles. The van der Waals surface area contributed by atoms with Gasteiger partial charge in [-0.1, -0.05) is 48.0 Å². The van der Waals surface area contributed by atoms with Gasteiger partial charge in [0.1, 0.15) is 0 Å². The molecule has 1 heterocycles. The Kier molecular flexibility index (Phi) is 10.4. The maximum atomic E-state index is 13.7. The van der Waals surface area contributed by atoms with E-state index in [1.54, 1.807) is 42.3 Å². The monoisotopic (exact) mass is 595 g/mol. The van der Waals surface area contributed by atoms with Gasteiger partial charge in [-0.3, -0.25) is 9.59 Å². The quantitative estimate of drug-likeness (QED) is 0.139. The van der Waals surface area contributed by atoms with Crippen LogP contribution in [0.4, 0.5) is 5.69 Å². The van der Waals surface area contributed by atoms with Crippen molar-refractivity contribution in [2.45, 2.75) is 47.0 Å². The Labute approximate surface area is 259 Å². The number of hydrogen-bond donors (Lipinski definition) is 1. The molecule has 4 rings (SSSR count). The Bertz CT molecular complexity index is 1690. The molecular formula is C36H38ClN3O3. The maximum absolute atomic E-state index is 13.7. The molecule has 4 aromatic rings.